The Morgan fingerprint density at radius 1 is 0.882 bits per heavy atom. The molecule has 0 heterocycles. The number of carbonyl (C=O) groups is 1. The van der Waals surface area contributed by atoms with E-state index in [0.717, 1.165) is 11.6 Å². The number of ether oxygens (including phenoxy) is 1. The maximum absolute atomic E-state index is 12.4. The van der Waals surface area contributed by atoms with Crippen LogP contribution in [0, 0.1) is 0 Å². The standard InChI is InChI=1S/C20H23O11P3/c1-16(6-5-13-32(22,23)30-34(27,28)31-33(24,25)26)14-29-15-17-9-11-19(12-10-17)20(21)18-7-3-2-4-8-18/h2-13H,14-15H2,1H3,(H,22,23)(H,27,28)(H2,24,25,26). The molecule has 11 nitrogen and oxygen atoms in total. The van der Waals surface area contributed by atoms with Gasteiger partial charge >= 0.3 is 23.2 Å². The van der Waals surface area contributed by atoms with Crippen molar-refractivity contribution in [2.75, 3.05) is 6.61 Å². The lowest BCUT2D eigenvalue weighted by Gasteiger charge is -2.13. The third-order valence-corrected chi connectivity index (χ3v) is 7.92. The number of ketones is 1. The van der Waals surface area contributed by atoms with E-state index in [1.54, 1.807) is 55.5 Å². The van der Waals surface area contributed by atoms with E-state index in [-0.39, 0.29) is 19.0 Å². The number of hydrogen-bond acceptors (Lipinski definition) is 7. The quantitative estimate of drug-likeness (QED) is 0.174. The van der Waals surface area contributed by atoms with Gasteiger partial charge in [0.05, 0.1) is 13.2 Å². The Labute approximate surface area is 195 Å². The van der Waals surface area contributed by atoms with Crippen LogP contribution in [0.25, 0.3) is 0 Å². The number of hydrogen-bond donors (Lipinski definition) is 4. The molecule has 0 aliphatic rings. The number of phosphoric acid groups is 2. The van der Waals surface area contributed by atoms with Crippen molar-refractivity contribution in [3.8, 4) is 0 Å². The molecule has 0 spiro atoms. The van der Waals surface area contributed by atoms with Crippen LogP contribution in [-0.2, 0) is 33.7 Å². The lowest BCUT2D eigenvalue weighted by Crippen LogP contribution is -2.02. The van der Waals surface area contributed by atoms with Gasteiger partial charge in [-0.15, -0.1) is 0 Å². The third-order valence-electron chi connectivity index (χ3n) is 3.94. The molecule has 2 aromatic carbocycles. The van der Waals surface area contributed by atoms with Crippen molar-refractivity contribution < 1.29 is 51.4 Å². The predicted octanol–water partition coefficient (Wildman–Crippen LogP) is 4.31. The fourth-order valence-corrected chi connectivity index (χ4v) is 5.69. The van der Waals surface area contributed by atoms with Crippen LogP contribution in [0.15, 0.2) is 78.1 Å². The molecule has 184 valence electrons. The molecule has 4 N–H and O–H groups in total. The van der Waals surface area contributed by atoms with Gasteiger partial charge in [0, 0.05) is 16.9 Å². The van der Waals surface area contributed by atoms with E-state index in [9.17, 15) is 23.4 Å². The molecule has 0 saturated carbocycles. The van der Waals surface area contributed by atoms with E-state index in [2.05, 4.69) is 8.62 Å². The highest BCUT2D eigenvalue weighted by Gasteiger charge is 2.38. The van der Waals surface area contributed by atoms with Gasteiger partial charge < -0.3 is 24.3 Å². The molecule has 0 radical (unpaired) electrons. The summed E-state index contributed by atoms with van der Waals surface area (Å²) in [5.74, 6) is 0.458. The molecule has 0 bridgehead atoms. The molecular formula is C20H23O11P3. The Kier molecular flexibility index (Phi) is 10.1. The van der Waals surface area contributed by atoms with Gasteiger partial charge in [0.2, 0.25) is 0 Å². The normalized spacial score (nSPS) is 16.2. The first kappa shape index (κ1) is 28.2. The lowest BCUT2D eigenvalue weighted by molar-refractivity contribution is 0.103. The number of carbonyl (C=O) groups excluding carboxylic acids is 1. The SMILES string of the molecule is CC(=CC=CP(=O)(O)OP(=O)(O)OP(=O)(O)O)COCc1ccc(C(=O)c2ccccc2)cc1. The molecule has 0 aliphatic carbocycles. The van der Waals surface area contributed by atoms with Crippen LogP contribution in [0.5, 0.6) is 0 Å². The highest BCUT2D eigenvalue weighted by molar-refractivity contribution is 7.69. The van der Waals surface area contributed by atoms with Crippen LogP contribution >= 0.6 is 23.2 Å². The zero-order valence-corrected chi connectivity index (χ0v) is 20.5. The summed E-state index contributed by atoms with van der Waals surface area (Å²) in [6.45, 7) is 2.04. The first-order chi connectivity index (χ1) is 15.8. The Morgan fingerprint density at radius 2 is 1.47 bits per heavy atom. The van der Waals surface area contributed by atoms with E-state index in [1.807, 2.05) is 6.07 Å². The van der Waals surface area contributed by atoms with E-state index in [0.29, 0.717) is 22.5 Å². The van der Waals surface area contributed by atoms with Crippen LogP contribution in [0.3, 0.4) is 0 Å². The maximum atomic E-state index is 12.4. The minimum Gasteiger partial charge on any atom is -0.372 e. The van der Waals surface area contributed by atoms with Crippen LogP contribution in [0.4, 0.5) is 0 Å². The zero-order valence-electron chi connectivity index (χ0n) is 17.8. The summed E-state index contributed by atoms with van der Waals surface area (Å²) in [5.41, 5.74) is 2.58. The summed E-state index contributed by atoms with van der Waals surface area (Å²) in [6.07, 6.45) is 2.43. The molecular weight excluding hydrogens is 509 g/mol. The van der Waals surface area contributed by atoms with Crippen molar-refractivity contribution >= 4 is 29.0 Å². The van der Waals surface area contributed by atoms with Crippen molar-refractivity contribution in [3.63, 3.8) is 0 Å². The Balaban J connectivity index is 1.84. The smallest absolute Gasteiger partial charge is 0.372 e. The predicted molar refractivity (Wildman–Crippen MR) is 123 cm³/mol. The van der Waals surface area contributed by atoms with E-state index in [1.165, 1.54) is 6.08 Å². The Hall–Kier alpha value is -2.00. The molecule has 14 heteroatoms. The van der Waals surface area contributed by atoms with Crippen LogP contribution < -0.4 is 0 Å². The molecule has 0 amide bonds. The fourth-order valence-electron chi connectivity index (χ4n) is 2.53. The summed E-state index contributed by atoms with van der Waals surface area (Å²) in [6, 6.07) is 15.8. The average Bonchev–Trinajstić information content (AvgIpc) is 2.71. The van der Waals surface area contributed by atoms with Crippen molar-refractivity contribution in [2.24, 2.45) is 0 Å². The van der Waals surface area contributed by atoms with Gasteiger partial charge in [-0.1, -0.05) is 66.7 Å². The number of allylic oxidation sites excluding steroid dienone is 2. The molecule has 0 fully saturated rings. The Morgan fingerprint density at radius 3 is 2.06 bits per heavy atom. The van der Waals surface area contributed by atoms with Gasteiger partial charge in [0.15, 0.2) is 5.78 Å². The molecule has 34 heavy (non-hydrogen) atoms. The van der Waals surface area contributed by atoms with E-state index in [4.69, 9.17) is 19.4 Å². The second kappa shape index (κ2) is 12.1. The van der Waals surface area contributed by atoms with Crippen molar-refractivity contribution in [1.29, 1.82) is 0 Å². The molecule has 0 aliphatic heterocycles. The van der Waals surface area contributed by atoms with Crippen LogP contribution in [-0.4, -0.2) is 32.0 Å². The summed E-state index contributed by atoms with van der Waals surface area (Å²) in [5, 5.41) is 0. The van der Waals surface area contributed by atoms with E-state index >= 15 is 0 Å². The van der Waals surface area contributed by atoms with Gasteiger partial charge in [0.25, 0.3) is 0 Å². The summed E-state index contributed by atoms with van der Waals surface area (Å²) >= 11 is 0. The topological polar surface area (TPSA) is 177 Å². The molecule has 2 atom stereocenters. The highest BCUT2D eigenvalue weighted by Crippen LogP contribution is 2.66. The number of rotatable bonds is 12. The molecule has 0 saturated heterocycles. The van der Waals surface area contributed by atoms with E-state index < -0.39 is 23.2 Å². The Bertz CT molecular complexity index is 1180. The first-order valence-electron chi connectivity index (χ1n) is 9.51. The minimum absolute atomic E-state index is 0.0883. The van der Waals surface area contributed by atoms with Gasteiger partial charge in [0.1, 0.15) is 0 Å². The summed E-state index contributed by atoms with van der Waals surface area (Å²) in [4.78, 5) is 48.0. The lowest BCUT2D eigenvalue weighted by atomic mass is 10.0. The van der Waals surface area contributed by atoms with Crippen LogP contribution in [0.2, 0.25) is 0 Å². The minimum atomic E-state index is -5.47. The third kappa shape index (κ3) is 10.5. The molecule has 2 unspecified atom stereocenters. The van der Waals surface area contributed by atoms with Gasteiger partial charge in [-0.25, -0.2) is 13.4 Å². The first-order valence-corrected chi connectivity index (χ1v) is 14.2. The average molecular weight is 532 g/mol. The van der Waals surface area contributed by atoms with Crippen molar-refractivity contribution in [3.05, 3.63) is 94.8 Å². The monoisotopic (exact) mass is 532 g/mol. The largest absolute Gasteiger partial charge is 0.488 e. The van der Waals surface area contributed by atoms with Gasteiger partial charge in [-0.05, 0) is 18.1 Å². The van der Waals surface area contributed by atoms with Gasteiger partial charge in [-0.3, -0.25) is 9.36 Å². The summed E-state index contributed by atoms with van der Waals surface area (Å²) < 4.78 is 46.6. The number of benzene rings is 2. The fraction of sp³-hybridized carbons (Fsp3) is 0.150. The maximum Gasteiger partial charge on any atom is 0.488 e. The summed E-state index contributed by atoms with van der Waals surface area (Å²) in [7, 11) is -15.7. The molecule has 0 aromatic heterocycles. The second-order valence-corrected chi connectivity index (χ2v) is 11.6. The van der Waals surface area contributed by atoms with Crippen molar-refractivity contribution in [1.82, 2.24) is 0 Å². The molecule has 2 aromatic rings. The molecule has 2 rings (SSSR count). The van der Waals surface area contributed by atoms with Gasteiger partial charge in [-0.2, -0.15) is 4.31 Å². The van der Waals surface area contributed by atoms with Crippen molar-refractivity contribution in [2.45, 2.75) is 13.5 Å². The van der Waals surface area contributed by atoms with Crippen LogP contribution in [0.1, 0.15) is 28.4 Å². The highest BCUT2D eigenvalue weighted by atomic mass is 31.3. The second-order valence-electron chi connectivity index (χ2n) is 6.93. The zero-order chi connectivity index (χ0) is 25.4.